The van der Waals surface area contributed by atoms with Gasteiger partial charge in [0.25, 0.3) is 10.0 Å². The average Bonchev–Trinajstić information content (AvgIpc) is 3.19. The number of benzene rings is 2. The highest BCUT2D eigenvalue weighted by Crippen LogP contribution is 2.39. The summed E-state index contributed by atoms with van der Waals surface area (Å²) >= 11 is 0. The molecule has 2 aliphatic heterocycles. The fourth-order valence-electron chi connectivity index (χ4n) is 4.64. The first-order chi connectivity index (χ1) is 13.5. The second kappa shape index (κ2) is 6.34. The maximum absolute atomic E-state index is 13.3. The first-order valence-electron chi connectivity index (χ1n) is 10.0. The van der Waals surface area contributed by atoms with Crippen molar-refractivity contribution in [3.05, 3.63) is 53.6 Å². The summed E-state index contributed by atoms with van der Waals surface area (Å²) in [5, 5.41) is 0. The van der Waals surface area contributed by atoms with Gasteiger partial charge >= 0.3 is 0 Å². The normalized spacial score (nSPS) is 21.4. The highest BCUT2D eigenvalue weighted by molar-refractivity contribution is 7.92. The number of rotatable bonds is 3. The van der Waals surface area contributed by atoms with Crippen LogP contribution >= 0.6 is 0 Å². The summed E-state index contributed by atoms with van der Waals surface area (Å²) in [4.78, 5) is 15.0. The maximum atomic E-state index is 13.3. The minimum absolute atomic E-state index is 0.0774. The van der Waals surface area contributed by atoms with E-state index in [9.17, 15) is 13.2 Å². The van der Waals surface area contributed by atoms with Gasteiger partial charge in [-0.05, 0) is 68.0 Å². The van der Waals surface area contributed by atoms with E-state index in [0.717, 1.165) is 48.2 Å². The number of hydrogen-bond acceptors (Lipinski definition) is 3. The van der Waals surface area contributed by atoms with E-state index < -0.39 is 10.0 Å². The molecule has 2 heterocycles. The van der Waals surface area contributed by atoms with E-state index in [-0.39, 0.29) is 17.9 Å². The van der Waals surface area contributed by atoms with E-state index >= 15 is 0 Å². The summed E-state index contributed by atoms with van der Waals surface area (Å²) in [6.07, 6.45) is 4.51. The molecule has 0 radical (unpaired) electrons. The SMILES string of the molecule is CC1Cc2cc(S(=O)(=O)N3CCc4ccccc43)ccc2N1C(=O)C1CCC1. The van der Waals surface area contributed by atoms with Crippen molar-refractivity contribution in [3.63, 3.8) is 0 Å². The lowest BCUT2D eigenvalue weighted by atomic mass is 9.84. The minimum Gasteiger partial charge on any atom is -0.309 e. The van der Waals surface area contributed by atoms with E-state index in [1.54, 1.807) is 12.1 Å². The second-order valence-corrected chi connectivity index (χ2v) is 10.00. The van der Waals surface area contributed by atoms with Crippen molar-refractivity contribution < 1.29 is 13.2 Å². The fraction of sp³-hybridized carbons (Fsp3) is 0.409. The number of sulfonamides is 1. The molecular formula is C22H24N2O3S. The topological polar surface area (TPSA) is 57.7 Å². The summed E-state index contributed by atoms with van der Waals surface area (Å²) in [7, 11) is -3.61. The molecule has 1 atom stereocenters. The molecular weight excluding hydrogens is 372 g/mol. The second-order valence-electron chi connectivity index (χ2n) is 8.14. The molecule has 1 aliphatic carbocycles. The molecule has 6 heteroatoms. The van der Waals surface area contributed by atoms with E-state index in [1.165, 1.54) is 4.31 Å². The number of amides is 1. The van der Waals surface area contributed by atoms with Gasteiger partial charge in [-0.3, -0.25) is 9.10 Å². The summed E-state index contributed by atoms with van der Waals surface area (Å²) in [6, 6.07) is 13.0. The summed E-state index contributed by atoms with van der Waals surface area (Å²) in [6.45, 7) is 2.52. The predicted octanol–water partition coefficient (Wildman–Crippen LogP) is 3.52. The monoisotopic (exact) mass is 396 g/mol. The van der Waals surface area contributed by atoms with Crippen LogP contribution in [0.2, 0.25) is 0 Å². The molecule has 0 spiro atoms. The van der Waals surface area contributed by atoms with Crippen LogP contribution in [0.5, 0.6) is 0 Å². The smallest absolute Gasteiger partial charge is 0.264 e. The van der Waals surface area contributed by atoms with Crippen LogP contribution in [0.4, 0.5) is 11.4 Å². The Hall–Kier alpha value is -2.34. The molecule has 146 valence electrons. The van der Waals surface area contributed by atoms with Crippen molar-refractivity contribution in [1.29, 1.82) is 0 Å². The number of hydrogen-bond donors (Lipinski definition) is 0. The Morgan fingerprint density at radius 1 is 1.04 bits per heavy atom. The van der Waals surface area contributed by atoms with Crippen molar-refractivity contribution in [1.82, 2.24) is 0 Å². The van der Waals surface area contributed by atoms with Gasteiger partial charge in [0.2, 0.25) is 5.91 Å². The number of anilines is 2. The summed E-state index contributed by atoms with van der Waals surface area (Å²) in [5.41, 5.74) is 3.68. The zero-order valence-corrected chi connectivity index (χ0v) is 16.8. The number of para-hydroxylation sites is 1. The summed E-state index contributed by atoms with van der Waals surface area (Å²) < 4.78 is 28.1. The van der Waals surface area contributed by atoms with Crippen LogP contribution in [-0.4, -0.2) is 26.9 Å². The van der Waals surface area contributed by atoms with Crippen LogP contribution < -0.4 is 9.21 Å². The number of nitrogens with zero attached hydrogens (tertiary/aromatic N) is 2. The van der Waals surface area contributed by atoms with Gasteiger partial charge in [0, 0.05) is 24.2 Å². The Bertz CT molecular complexity index is 1060. The molecule has 0 bridgehead atoms. The Morgan fingerprint density at radius 3 is 2.57 bits per heavy atom. The zero-order valence-electron chi connectivity index (χ0n) is 16.0. The molecule has 0 saturated heterocycles. The third kappa shape index (κ3) is 2.58. The molecule has 3 aliphatic rings. The van der Waals surface area contributed by atoms with Gasteiger partial charge in [0.1, 0.15) is 0 Å². The van der Waals surface area contributed by atoms with Crippen LogP contribution in [0, 0.1) is 5.92 Å². The van der Waals surface area contributed by atoms with Gasteiger partial charge in [0.05, 0.1) is 10.6 Å². The molecule has 1 amide bonds. The molecule has 1 fully saturated rings. The molecule has 5 rings (SSSR count). The lowest BCUT2D eigenvalue weighted by molar-refractivity contribution is -0.125. The van der Waals surface area contributed by atoms with Crippen LogP contribution in [0.25, 0.3) is 0 Å². The Kier molecular flexibility index (Phi) is 4.02. The molecule has 0 N–H and O–H groups in total. The van der Waals surface area contributed by atoms with Gasteiger partial charge in [-0.15, -0.1) is 0 Å². The Morgan fingerprint density at radius 2 is 1.82 bits per heavy atom. The quantitative estimate of drug-likeness (QED) is 0.798. The summed E-state index contributed by atoms with van der Waals surface area (Å²) in [5.74, 6) is 0.333. The minimum atomic E-state index is -3.61. The van der Waals surface area contributed by atoms with Crippen LogP contribution in [-0.2, 0) is 27.7 Å². The zero-order chi connectivity index (χ0) is 19.5. The lowest BCUT2D eigenvalue weighted by Crippen LogP contribution is -2.42. The van der Waals surface area contributed by atoms with Crippen molar-refractivity contribution >= 4 is 27.3 Å². The van der Waals surface area contributed by atoms with Crippen molar-refractivity contribution in [2.45, 2.75) is 50.0 Å². The fourth-order valence-corrected chi connectivity index (χ4v) is 6.19. The van der Waals surface area contributed by atoms with Crippen LogP contribution in [0.1, 0.15) is 37.3 Å². The van der Waals surface area contributed by atoms with Gasteiger partial charge in [0.15, 0.2) is 0 Å². The lowest BCUT2D eigenvalue weighted by Gasteiger charge is -2.32. The molecule has 2 aromatic carbocycles. The number of fused-ring (bicyclic) bond motifs is 2. The molecule has 0 aromatic heterocycles. The van der Waals surface area contributed by atoms with Crippen molar-refractivity contribution in [2.24, 2.45) is 5.92 Å². The molecule has 28 heavy (non-hydrogen) atoms. The van der Waals surface area contributed by atoms with Gasteiger partial charge < -0.3 is 4.90 Å². The number of carbonyl (C=O) groups excluding carboxylic acids is 1. The predicted molar refractivity (Wildman–Crippen MR) is 109 cm³/mol. The average molecular weight is 397 g/mol. The van der Waals surface area contributed by atoms with E-state index in [0.29, 0.717) is 17.9 Å². The van der Waals surface area contributed by atoms with Gasteiger partial charge in [-0.2, -0.15) is 0 Å². The maximum Gasteiger partial charge on any atom is 0.264 e. The van der Waals surface area contributed by atoms with Crippen LogP contribution in [0.3, 0.4) is 0 Å². The van der Waals surface area contributed by atoms with Crippen molar-refractivity contribution in [2.75, 3.05) is 15.7 Å². The molecule has 1 saturated carbocycles. The van der Waals surface area contributed by atoms with E-state index in [2.05, 4.69) is 0 Å². The van der Waals surface area contributed by atoms with E-state index in [4.69, 9.17) is 0 Å². The third-order valence-electron chi connectivity index (χ3n) is 6.39. The first-order valence-corrected chi connectivity index (χ1v) is 11.5. The Balaban J connectivity index is 1.49. The molecule has 1 unspecified atom stereocenters. The van der Waals surface area contributed by atoms with Gasteiger partial charge in [-0.25, -0.2) is 8.42 Å². The van der Waals surface area contributed by atoms with Crippen LogP contribution in [0.15, 0.2) is 47.4 Å². The first kappa shape index (κ1) is 17.7. The van der Waals surface area contributed by atoms with Gasteiger partial charge in [-0.1, -0.05) is 24.6 Å². The van der Waals surface area contributed by atoms with Crippen molar-refractivity contribution in [3.8, 4) is 0 Å². The highest BCUT2D eigenvalue weighted by atomic mass is 32.2. The Labute approximate surface area is 166 Å². The number of carbonyl (C=O) groups is 1. The largest absolute Gasteiger partial charge is 0.309 e. The van der Waals surface area contributed by atoms with E-state index in [1.807, 2.05) is 42.2 Å². The third-order valence-corrected chi connectivity index (χ3v) is 8.20. The standard InChI is InChI=1S/C22H24N2O3S/c1-15-13-18-14-19(9-10-21(18)24(15)22(25)17-6-4-7-17)28(26,27)23-12-11-16-5-2-3-8-20(16)23/h2-3,5,8-10,14-15,17H,4,6-7,11-13H2,1H3. The molecule has 5 nitrogen and oxygen atoms in total. The molecule has 2 aromatic rings. The highest BCUT2D eigenvalue weighted by Gasteiger charge is 2.38.